The Bertz CT molecular complexity index is 443. The van der Waals surface area contributed by atoms with E-state index in [4.69, 9.17) is 4.42 Å². The van der Waals surface area contributed by atoms with Gasteiger partial charge in [0.15, 0.2) is 5.78 Å². The maximum Gasteiger partial charge on any atom is 0.188 e. The molecule has 0 N–H and O–H groups in total. The first-order valence-corrected chi connectivity index (χ1v) is 4.74. The molecule has 0 unspecified atom stereocenters. The summed E-state index contributed by atoms with van der Waals surface area (Å²) < 4.78 is 5.10. The van der Waals surface area contributed by atoms with Crippen molar-refractivity contribution in [2.75, 3.05) is 0 Å². The van der Waals surface area contributed by atoms with Crippen molar-refractivity contribution in [3.05, 3.63) is 53.7 Å². The first kappa shape index (κ1) is 9.65. The molecule has 76 valence electrons. The number of pyridine rings is 1. The predicted octanol–water partition coefficient (Wildman–Crippen LogP) is 2.41. The zero-order valence-electron chi connectivity index (χ0n) is 8.43. The van der Waals surface area contributed by atoms with Crippen molar-refractivity contribution in [3.63, 3.8) is 0 Å². The highest BCUT2D eigenvalue weighted by molar-refractivity contribution is 5.95. The molecular weight excluding hydrogens is 190 g/mol. The van der Waals surface area contributed by atoms with Crippen molar-refractivity contribution < 1.29 is 9.21 Å². The van der Waals surface area contributed by atoms with Crippen molar-refractivity contribution in [1.29, 1.82) is 0 Å². The van der Waals surface area contributed by atoms with E-state index in [0.29, 0.717) is 11.5 Å². The van der Waals surface area contributed by atoms with Crippen LogP contribution in [0.1, 0.15) is 21.8 Å². The second-order valence-corrected chi connectivity index (χ2v) is 3.40. The van der Waals surface area contributed by atoms with Gasteiger partial charge < -0.3 is 4.42 Å². The molecule has 0 saturated carbocycles. The van der Waals surface area contributed by atoms with Gasteiger partial charge in [-0.05, 0) is 30.7 Å². The van der Waals surface area contributed by atoms with Gasteiger partial charge in [0, 0.05) is 6.20 Å². The summed E-state index contributed by atoms with van der Waals surface area (Å²) in [5.74, 6) is 0.646. The number of aryl methyl sites for hydroxylation is 1. The van der Waals surface area contributed by atoms with Gasteiger partial charge in [-0.1, -0.05) is 6.07 Å². The monoisotopic (exact) mass is 201 g/mol. The SMILES string of the molecule is Cc1ccc(C(=O)Cc2ccco2)nc1. The summed E-state index contributed by atoms with van der Waals surface area (Å²) in [6, 6.07) is 7.17. The molecule has 0 spiro atoms. The Morgan fingerprint density at radius 2 is 2.27 bits per heavy atom. The van der Waals surface area contributed by atoms with Gasteiger partial charge >= 0.3 is 0 Å². The van der Waals surface area contributed by atoms with Gasteiger partial charge in [0.25, 0.3) is 0 Å². The van der Waals surface area contributed by atoms with E-state index in [1.165, 1.54) is 0 Å². The van der Waals surface area contributed by atoms with Gasteiger partial charge in [-0.15, -0.1) is 0 Å². The van der Waals surface area contributed by atoms with E-state index < -0.39 is 0 Å². The van der Waals surface area contributed by atoms with Crippen molar-refractivity contribution in [2.24, 2.45) is 0 Å². The molecule has 0 atom stereocenters. The number of Topliss-reactive ketones (excluding diaryl/α,β-unsaturated/α-hetero) is 1. The third-order valence-electron chi connectivity index (χ3n) is 2.11. The third kappa shape index (κ3) is 2.31. The second-order valence-electron chi connectivity index (χ2n) is 3.40. The van der Waals surface area contributed by atoms with Gasteiger partial charge in [-0.3, -0.25) is 9.78 Å². The molecule has 15 heavy (non-hydrogen) atoms. The Hall–Kier alpha value is -1.90. The maximum absolute atomic E-state index is 11.7. The first-order chi connectivity index (χ1) is 7.25. The minimum absolute atomic E-state index is 0.0232. The fourth-order valence-electron chi connectivity index (χ4n) is 1.29. The lowest BCUT2D eigenvalue weighted by molar-refractivity contribution is 0.0982. The molecule has 0 aromatic carbocycles. The van der Waals surface area contributed by atoms with Crippen molar-refractivity contribution in [1.82, 2.24) is 4.98 Å². The van der Waals surface area contributed by atoms with Crippen LogP contribution in [-0.4, -0.2) is 10.8 Å². The predicted molar refractivity (Wildman–Crippen MR) is 55.7 cm³/mol. The minimum atomic E-state index is -0.0232. The zero-order chi connectivity index (χ0) is 10.7. The van der Waals surface area contributed by atoms with E-state index in [0.717, 1.165) is 5.56 Å². The van der Waals surface area contributed by atoms with E-state index >= 15 is 0 Å². The molecule has 3 heteroatoms. The molecular formula is C12H11NO2. The van der Waals surface area contributed by atoms with Crippen LogP contribution in [-0.2, 0) is 6.42 Å². The number of ketones is 1. The third-order valence-corrected chi connectivity index (χ3v) is 2.11. The summed E-state index contributed by atoms with van der Waals surface area (Å²) in [5.41, 5.74) is 1.53. The molecule has 2 heterocycles. The molecule has 0 radical (unpaired) electrons. The van der Waals surface area contributed by atoms with E-state index in [9.17, 15) is 4.79 Å². The molecule has 0 amide bonds. The van der Waals surface area contributed by atoms with E-state index in [1.807, 2.05) is 13.0 Å². The number of aromatic nitrogens is 1. The average molecular weight is 201 g/mol. The van der Waals surface area contributed by atoms with Crippen molar-refractivity contribution in [3.8, 4) is 0 Å². The summed E-state index contributed by atoms with van der Waals surface area (Å²) >= 11 is 0. The molecule has 0 aliphatic heterocycles. The molecule has 2 rings (SSSR count). The van der Waals surface area contributed by atoms with Gasteiger partial charge in [0.1, 0.15) is 11.5 Å². The highest BCUT2D eigenvalue weighted by Gasteiger charge is 2.09. The summed E-state index contributed by atoms with van der Waals surface area (Å²) in [7, 11) is 0. The highest BCUT2D eigenvalue weighted by Crippen LogP contribution is 2.06. The molecule has 0 aliphatic carbocycles. The Balaban J connectivity index is 2.11. The largest absolute Gasteiger partial charge is 0.469 e. The molecule has 3 nitrogen and oxygen atoms in total. The molecule has 0 saturated heterocycles. The van der Waals surface area contributed by atoms with Crippen LogP contribution in [0.25, 0.3) is 0 Å². The minimum Gasteiger partial charge on any atom is -0.469 e. The van der Waals surface area contributed by atoms with Crippen molar-refractivity contribution in [2.45, 2.75) is 13.3 Å². The number of hydrogen-bond donors (Lipinski definition) is 0. The average Bonchev–Trinajstić information content (AvgIpc) is 2.71. The van der Waals surface area contributed by atoms with Crippen LogP contribution in [0.5, 0.6) is 0 Å². The lowest BCUT2D eigenvalue weighted by atomic mass is 10.1. The standard InChI is InChI=1S/C12H11NO2/c1-9-4-5-11(13-8-9)12(14)7-10-3-2-6-15-10/h2-6,8H,7H2,1H3. The van der Waals surface area contributed by atoms with Gasteiger partial charge in [0.2, 0.25) is 0 Å². The fraction of sp³-hybridized carbons (Fsp3) is 0.167. The number of furan rings is 1. The quantitative estimate of drug-likeness (QED) is 0.716. The number of hydrogen-bond acceptors (Lipinski definition) is 3. The molecule has 2 aromatic rings. The van der Waals surface area contributed by atoms with Crippen LogP contribution in [0.3, 0.4) is 0 Å². The van der Waals surface area contributed by atoms with Crippen LogP contribution < -0.4 is 0 Å². The maximum atomic E-state index is 11.7. The molecule has 0 aliphatic rings. The zero-order valence-corrected chi connectivity index (χ0v) is 8.43. The van der Waals surface area contributed by atoms with Crippen LogP contribution in [0.15, 0.2) is 41.1 Å². The summed E-state index contributed by atoms with van der Waals surface area (Å²) in [6.45, 7) is 1.94. The lowest BCUT2D eigenvalue weighted by Gasteiger charge is -1.98. The number of rotatable bonds is 3. The highest BCUT2D eigenvalue weighted by atomic mass is 16.3. The van der Waals surface area contributed by atoms with Gasteiger partial charge in [0.05, 0.1) is 12.7 Å². The fourth-order valence-corrected chi connectivity index (χ4v) is 1.29. The summed E-state index contributed by atoms with van der Waals surface area (Å²) in [4.78, 5) is 15.8. The first-order valence-electron chi connectivity index (χ1n) is 4.74. The molecule has 0 bridgehead atoms. The Kier molecular flexibility index (Phi) is 2.63. The van der Waals surface area contributed by atoms with E-state index in [1.54, 1.807) is 30.7 Å². The number of carbonyl (C=O) groups is 1. The molecule has 2 aromatic heterocycles. The second kappa shape index (κ2) is 4.09. The van der Waals surface area contributed by atoms with E-state index in [-0.39, 0.29) is 12.2 Å². The van der Waals surface area contributed by atoms with Crippen LogP contribution in [0.2, 0.25) is 0 Å². The van der Waals surface area contributed by atoms with Crippen LogP contribution in [0.4, 0.5) is 0 Å². The van der Waals surface area contributed by atoms with Gasteiger partial charge in [-0.2, -0.15) is 0 Å². The summed E-state index contributed by atoms with van der Waals surface area (Å²) in [6.07, 6.45) is 3.52. The Morgan fingerprint density at radius 3 is 2.87 bits per heavy atom. The van der Waals surface area contributed by atoms with Crippen LogP contribution >= 0.6 is 0 Å². The van der Waals surface area contributed by atoms with Crippen LogP contribution in [0, 0.1) is 6.92 Å². The number of nitrogens with zero attached hydrogens (tertiary/aromatic N) is 1. The normalized spacial score (nSPS) is 10.2. The van der Waals surface area contributed by atoms with Gasteiger partial charge in [-0.25, -0.2) is 0 Å². The Labute approximate surface area is 87.8 Å². The number of carbonyl (C=O) groups excluding carboxylic acids is 1. The topological polar surface area (TPSA) is 43.1 Å². The Morgan fingerprint density at radius 1 is 1.40 bits per heavy atom. The lowest BCUT2D eigenvalue weighted by Crippen LogP contribution is -2.05. The smallest absolute Gasteiger partial charge is 0.188 e. The summed E-state index contributed by atoms with van der Waals surface area (Å²) in [5, 5.41) is 0. The molecule has 0 fully saturated rings. The van der Waals surface area contributed by atoms with E-state index in [2.05, 4.69) is 4.98 Å². The van der Waals surface area contributed by atoms with Crippen molar-refractivity contribution >= 4 is 5.78 Å².